The second-order valence-corrected chi connectivity index (χ2v) is 2.81. The molecule has 0 aliphatic carbocycles. The molecular formula is C8H12N4O. The number of hydrogen-bond donors (Lipinski definition) is 2. The van der Waals surface area contributed by atoms with E-state index in [9.17, 15) is 4.79 Å². The molecule has 5 heteroatoms. The first-order valence-corrected chi connectivity index (χ1v) is 3.93. The van der Waals surface area contributed by atoms with Gasteiger partial charge in [0.2, 0.25) is 5.91 Å². The number of carbonyl (C=O) groups excluding carboxylic acids is 1. The predicted octanol–water partition coefficient (Wildman–Crippen LogP) is -0.340. The topological polar surface area (TPSA) is 94.9 Å². The van der Waals surface area contributed by atoms with Gasteiger partial charge in [-0.05, 0) is 13.0 Å². The van der Waals surface area contributed by atoms with Gasteiger partial charge >= 0.3 is 0 Å². The second-order valence-electron chi connectivity index (χ2n) is 2.81. The predicted molar refractivity (Wildman–Crippen MR) is 47.5 cm³/mol. The first-order valence-electron chi connectivity index (χ1n) is 3.93. The maximum absolute atomic E-state index is 10.6. The highest BCUT2D eigenvalue weighted by molar-refractivity contribution is 5.74. The quantitative estimate of drug-likeness (QED) is 0.665. The van der Waals surface area contributed by atoms with E-state index < -0.39 is 11.9 Å². The van der Waals surface area contributed by atoms with Crippen LogP contribution in [0.3, 0.4) is 0 Å². The van der Waals surface area contributed by atoms with Gasteiger partial charge in [-0.2, -0.15) is 0 Å². The molecule has 0 fully saturated rings. The molecule has 1 aromatic rings. The molecule has 0 aromatic carbocycles. The van der Waals surface area contributed by atoms with Gasteiger partial charge in [-0.25, -0.2) is 9.97 Å². The summed E-state index contributed by atoms with van der Waals surface area (Å²) in [5.74, 6) is 0.209. The summed E-state index contributed by atoms with van der Waals surface area (Å²) in [6.45, 7) is 1.76. The molecule has 1 rings (SSSR count). The molecule has 1 heterocycles. The summed E-state index contributed by atoms with van der Waals surface area (Å²) in [4.78, 5) is 18.6. The van der Waals surface area contributed by atoms with E-state index in [1.54, 1.807) is 19.2 Å². The molecule has 1 atom stereocenters. The molecule has 0 aliphatic heterocycles. The Balaban J connectivity index is 2.76. The van der Waals surface area contributed by atoms with E-state index in [0.717, 1.165) is 0 Å². The van der Waals surface area contributed by atoms with Gasteiger partial charge in [-0.3, -0.25) is 4.79 Å². The van der Waals surface area contributed by atoms with Crippen molar-refractivity contribution in [1.29, 1.82) is 0 Å². The van der Waals surface area contributed by atoms with Crippen LogP contribution in [0.25, 0.3) is 0 Å². The van der Waals surface area contributed by atoms with Crippen molar-refractivity contribution in [3.8, 4) is 0 Å². The van der Waals surface area contributed by atoms with Crippen LogP contribution in [0, 0.1) is 6.92 Å². The van der Waals surface area contributed by atoms with Crippen LogP contribution in [0.4, 0.5) is 0 Å². The van der Waals surface area contributed by atoms with E-state index in [2.05, 4.69) is 9.97 Å². The van der Waals surface area contributed by atoms with Gasteiger partial charge < -0.3 is 11.5 Å². The van der Waals surface area contributed by atoms with Crippen molar-refractivity contribution in [3.63, 3.8) is 0 Å². The lowest BCUT2D eigenvalue weighted by Crippen LogP contribution is -2.21. The number of aromatic nitrogens is 2. The fourth-order valence-corrected chi connectivity index (χ4v) is 1.00. The Labute approximate surface area is 76.2 Å². The highest BCUT2D eigenvalue weighted by atomic mass is 16.1. The van der Waals surface area contributed by atoms with E-state index in [0.29, 0.717) is 11.5 Å². The minimum atomic E-state index is -0.431. The normalized spacial score (nSPS) is 12.5. The Morgan fingerprint density at radius 2 is 2.38 bits per heavy atom. The molecule has 13 heavy (non-hydrogen) atoms. The summed E-state index contributed by atoms with van der Waals surface area (Å²) < 4.78 is 0. The van der Waals surface area contributed by atoms with Crippen molar-refractivity contribution < 1.29 is 4.79 Å². The van der Waals surface area contributed by atoms with Crippen LogP contribution in [0.15, 0.2) is 12.3 Å². The van der Waals surface area contributed by atoms with E-state index >= 15 is 0 Å². The number of carbonyl (C=O) groups is 1. The third-order valence-electron chi connectivity index (χ3n) is 1.60. The second kappa shape index (κ2) is 3.95. The molecule has 1 aromatic heterocycles. The Bertz CT molecular complexity index is 313. The number of nitrogens with zero attached hydrogens (tertiary/aromatic N) is 2. The SMILES string of the molecule is Cc1nccc(C(N)CC(N)=O)n1. The summed E-state index contributed by atoms with van der Waals surface area (Å²) in [6, 6.07) is 1.25. The maximum atomic E-state index is 10.6. The monoisotopic (exact) mass is 180 g/mol. The largest absolute Gasteiger partial charge is 0.370 e. The number of amides is 1. The Hall–Kier alpha value is -1.49. The van der Waals surface area contributed by atoms with Crippen molar-refractivity contribution in [3.05, 3.63) is 23.8 Å². The zero-order valence-corrected chi connectivity index (χ0v) is 7.40. The smallest absolute Gasteiger partial charge is 0.219 e. The van der Waals surface area contributed by atoms with E-state index in [4.69, 9.17) is 11.5 Å². The van der Waals surface area contributed by atoms with E-state index in [1.165, 1.54) is 0 Å². The van der Waals surface area contributed by atoms with Gasteiger partial charge in [0.1, 0.15) is 5.82 Å². The van der Waals surface area contributed by atoms with Crippen molar-refractivity contribution in [2.24, 2.45) is 11.5 Å². The number of rotatable bonds is 3. The zero-order chi connectivity index (χ0) is 9.84. The summed E-state index contributed by atoms with van der Waals surface area (Å²) in [7, 11) is 0. The molecule has 0 saturated heterocycles. The van der Waals surface area contributed by atoms with Crippen LogP contribution in [0.1, 0.15) is 24.0 Å². The maximum Gasteiger partial charge on any atom is 0.219 e. The molecule has 70 valence electrons. The molecule has 1 unspecified atom stereocenters. The van der Waals surface area contributed by atoms with Crippen LogP contribution < -0.4 is 11.5 Å². The zero-order valence-electron chi connectivity index (χ0n) is 7.40. The van der Waals surface area contributed by atoms with Crippen LogP contribution in [-0.2, 0) is 4.79 Å². The van der Waals surface area contributed by atoms with Gasteiger partial charge in [-0.15, -0.1) is 0 Å². The first-order chi connectivity index (χ1) is 6.09. The van der Waals surface area contributed by atoms with Gasteiger partial charge in [-0.1, -0.05) is 0 Å². The summed E-state index contributed by atoms with van der Waals surface area (Å²) in [5.41, 5.74) is 11.3. The summed E-state index contributed by atoms with van der Waals surface area (Å²) >= 11 is 0. The van der Waals surface area contributed by atoms with Crippen LogP contribution in [-0.4, -0.2) is 15.9 Å². The lowest BCUT2D eigenvalue weighted by Gasteiger charge is -2.08. The highest BCUT2D eigenvalue weighted by Gasteiger charge is 2.10. The third-order valence-corrected chi connectivity index (χ3v) is 1.60. The fourth-order valence-electron chi connectivity index (χ4n) is 1.00. The summed E-state index contributed by atoms with van der Waals surface area (Å²) in [5, 5.41) is 0. The molecule has 0 bridgehead atoms. The fraction of sp³-hybridized carbons (Fsp3) is 0.375. The first kappa shape index (κ1) is 9.60. The third kappa shape index (κ3) is 2.79. The van der Waals surface area contributed by atoms with Gasteiger partial charge in [0.25, 0.3) is 0 Å². The number of nitrogens with two attached hydrogens (primary N) is 2. The molecule has 0 spiro atoms. The van der Waals surface area contributed by atoms with Crippen molar-refractivity contribution >= 4 is 5.91 Å². The molecule has 5 nitrogen and oxygen atoms in total. The van der Waals surface area contributed by atoms with Crippen LogP contribution >= 0.6 is 0 Å². The van der Waals surface area contributed by atoms with E-state index in [-0.39, 0.29) is 6.42 Å². The molecular weight excluding hydrogens is 168 g/mol. The Morgan fingerprint density at radius 3 is 2.92 bits per heavy atom. The number of aryl methyl sites for hydroxylation is 1. The van der Waals surface area contributed by atoms with Crippen molar-refractivity contribution in [2.75, 3.05) is 0 Å². The Kier molecular flexibility index (Phi) is 2.92. The number of primary amides is 1. The molecule has 0 saturated carbocycles. The molecule has 0 radical (unpaired) electrons. The number of hydrogen-bond acceptors (Lipinski definition) is 4. The van der Waals surface area contributed by atoms with Gasteiger partial charge in [0.05, 0.1) is 11.7 Å². The minimum absolute atomic E-state index is 0.108. The van der Waals surface area contributed by atoms with Crippen molar-refractivity contribution in [1.82, 2.24) is 9.97 Å². The van der Waals surface area contributed by atoms with Crippen molar-refractivity contribution in [2.45, 2.75) is 19.4 Å². The molecule has 4 N–H and O–H groups in total. The van der Waals surface area contributed by atoms with Crippen LogP contribution in [0.2, 0.25) is 0 Å². The lowest BCUT2D eigenvalue weighted by molar-refractivity contribution is -0.118. The van der Waals surface area contributed by atoms with E-state index in [1.807, 2.05) is 0 Å². The standard InChI is InChI=1S/C8H12N4O/c1-5-11-3-2-7(12-5)6(9)4-8(10)13/h2-3,6H,4,9H2,1H3,(H2,10,13). The summed E-state index contributed by atoms with van der Waals surface area (Å²) in [6.07, 6.45) is 1.72. The molecule has 1 amide bonds. The average molecular weight is 180 g/mol. The lowest BCUT2D eigenvalue weighted by atomic mass is 10.1. The highest BCUT2D eigenvalue weighted by Crippen LogP contribution is 2.09. The van der Waals surface area contributed by atoms with Gasteiger partial charge in [0.15, 0.2) is 0 Å². The average Bonchev–Trinajstić information content (AvgIpc) is 2.03. The molecule has 0 aliphatic rings. The van der Waals surface area contributed by atoms with Crippen LogP contribution in [0.5, 0.6) is 0 Å². The Morgan fingerprint density at radius 1 is 1.69 bits per heavy atom. The minimum Gasteiger partial charge on any atom is -0.370 e. The van der Waals surface area contributed by atoms with Gasteiger partial charge in [0, 0.05) is 12.6 Å².